The van der Waals surface area contributed by atoms with E-state index in [1.807, 2.05) is 6.07 Å². The molecule has 2 aromatic carbocycles. The Morgan fingerprint density at radius 2 is 1.95 bits per heavy atom. The van der Waals surface area contributed by atoms with Crippen LogP contribution >= 0.6 is 0 Å². The highest BCUT2D eigenvalue weighted by atomic mass is 19.2. The largest absolute Gasteiger partial charge is 0.453 e. The van der Waals surface area contributed by atoms with Gasteiger partial charge >= 0.3 is 0 Å². The van der Waals surface area contributed by atoms with Gasteiger partial charge in [0.05, 0.1) is 17.2 Å². The highest BCUT2D eigenvalue weighted by Crippen LogP contribution is 2.29. The van der Waals surface area contributed by atoms with Crippen molar-refractivity contribution in [2.45, 2.75) is 6.92 Å². The molecule has 0 saturated heterocycles. The summed E-state index contributed by atoms with van der Waals surface area (Å²) in [6.07, 6.45) is 0. The smallest absolute Gasteiger partial charge is 0.201 e. The van der Waals surface area contributed by atoms with Crippen LogP contribution in [-0.2, 0) is 0 Å². The number of hydrogen-bond donors (Lipinski definition) is 0. The normalized spacial score (nSPS) is 9.90. The fourth-order valence-corrected chi connectivity index (χ4v) is 1.65. The van der Waals surface area contributed by atoms with Crippen molar-refractivity contribution in [1.29, 1.82) is 5.26 Å². The molecule has 5 heteroatoms. The summed E-state index contributed by atoms with van der Waals surface area (Å²) < 4.78 is 31.9. The van der Waals surface area contributed by atoms with Crippen LogP contribution in [0.1, 0.15) is 22.8 Å². The van der Waals surface area contributed by atoms with Gasteiger partial charge in [0, 0.05) is 0 Å². The lowest BCUT2D eigenvalue weighted by atomic mass is 10.1. The zero-order valence-corrected chi connectivity index (χ0v) is 10.5. The van der Waals surface area contributed by atoms with Crippen LogP contribution in [0.25, 0.3) is 0 Å². The standard InChI is InChI=1S/C15H9F2NO2/c1-9(19)11-6-5-10(8-18)7-14(11)20-13-4-2-3-12(16)15(13)17/h2-7H,1H3. The zero-order chi connectivity index (χ0) is 14.7. The maximum Gasteiger partial charge on any atom is 0.201 e. The van der Waals surface area contributed by atoms with Crippen molar-refractivity contribution in [1.82, 2.24) is 0 Å². The van der Waals surface area contributed by atoms with Crippen LogP contribution in [0.5, 0.6) is 11.5 Å². The summed E-state index contributed by atoms with van der Waals surface area (Å²) in [6.45, 7) is 1.32. The Morgan fingerprint density at radius 1 is 1.20 bits per heavy atom. The lowest BCUT2D eigenvalue weighted by Gasteiger charge is -2.10. The van der Waals surface area contributed by atoms with Gasteiger partial charge < -0.3 is 4.74 Å². The average molecular weight is 273 g/mol. The minimum absolute atomic E-state index is 0.0149. The molecule has 0 atom stereocenters. The van der Waals surface area contributed by atoms with Gasteiger partial charge in [-0.15, -0.1) is 0 Å². The number of nitrogens with zero attached hydrogens (tertiary/aromatic N) is 1. The van der Waals surface area contributed by atoms with E-state index in [4.69, 9.17) is 10.00 Å². The molecule has 0 unspecified atom stereocenters. The molecular weight excluding hydrogens is 264 g/mol. The molecule has 2 aromatic rings. The van der Waals surface area contributed by atoms with Crippen molar-refractivity contribution in [2.24, 2.45) is 0 Å². The van der Waals surface area contributed by atoms with Gasteiger partial charge in [0.1, 0.15) is 5.75 Å². The second kappa shape index (κ2) is 5.49. The Labute approximate surface area is 114 Å². The van der Waals surface area contributed by atoms with E-state index in [2.05, 4.69) is 0 Å². The molecule has 0 aliphatic rings. The number of halogens is 2. The summed E-state index contributed by atoms with van der Waals surface area (Å²) in [5, 5.41) is 8.83. The monoisotopic (exact) mass is 273 g/mol. The fraction of sp³-hybridized carbons (Fsp3) is 0.0667. The predicted octanol–water partition coefficient (Wildman–Crippen LogP) is 3.83. The van der Waals surface area contributed by atoms with Crippen molar-refractivity contribution in [3.63, 3.8) is 0 Å². The van der Waals surface area contributed by atoms with Gasteiger partial charge in [-0.3, -0.25) is 4.79 Å². The Balaban J connectivity index is 2.49. The Morgan fingerprint density at radius 3 is 2.60 bits per heavy atom. The molecule has 0 saturated carbocycles. The molecule has 0 aromatic heterocycles. The molecule has 0 heterocycles. The highest BCUT2D eigenvalue weighted by molar-refractivity contribution is 5.97. The van der Waals surface area contributed by atoms with E-state index in [0.29, 0.717) is 0 Å². The Hall–Kier alpha value is -2.74. The first kappa shape index (κ1) is 13.7. The SMILES string of the molecule is CC(=O)c1ccc(C#N)cc1Oc1cccc(F)c1F. The third-order valence-corrected chi connectivity index (χ3v) is 2.63. The van der Waals surface area contributed by atoms with Crippen molar-refractivity contribution in [3.8, 4) is 17.6 Å². The maximum absolute atomic E-state index is 13.6. The predicted molar refractivity (Wildman–Crippen MR) is 67.6 cm³/mol. The van der Waals surface area contributed by atoms with Gasteiger partial charge in [-0.05, 0) is 37.3 Å². The number of hydrogen-bond acceptors (Lipinski definition) is 3. The molecule has 0 radical (unpaired) electrons. The molecule has 0 fully saturated rings. The summed E-state index contributed by atoms with van der Waals surface area (Å²) in [7, 11) is 0. The van der Waals surface area contributed by atoms with E-state index in [1.54, 1.807) is 0 Å². The molecule has 0 amide bonds. The van der Waals surface area contributed by atoms with Crippen molar-refractivity contribution >= 4 is 5.78 Å². The summed E-state index contributed by atoms with van der Waals surface area (Å²) >= 11 is 0. The number of carbonyl (C=O) groups excluding carboxylic acids is 1. The van der Waals surface area contributed by atoms with E-state index in [9.17, 15) is 13.6 Å². The zero-order valence-electron chi connectivity index (χ0n) is 10.5. The molecule has 0 aliphatic heterocycles. The highest BCUT2D eigenvalue weighted by Gasteiger charge is 2.14. The minimum atomic E-state index is -1.15. The van der Waals surface area contributed by atoms with Crippen LogP contribution in [0.3, 0.4) is 0 Å². The van der Waals surface area contributed by atoms with Crippen LogP contribution in [0.4, 0.5) is 8.78 Å². The fourth-order valence-electron chi connectivity index (χ4n) is 1.65. The second-order valence-electron chi connectivity index (χ2n) is 4.03. The Kier molecular flexibility index (Phi) is 3.76. The maximum atomic E-state index is 13.6. The van der Waals surface area contributed by atoms with Gasteiger partial charge in [0.2, 0.25) is 5.82 Å². The first-order chi connectivity index (χ1) is 9.52. The second-order valence-corrected chi connectivity index (χ2v) is 4.03. The minimum Gasteiger partial charge on any atom is -0.453 e. The molecule has 100 valence electrons. The molecular formula is C15H9F2NO2. The van der Waals surface area contributed by atoms with E-state index in [1.165, 1.54) is 37.3 Å². The van der Waals surface area contributed by atoms with Gasteiger partial charge in [-0.25, -0.2) is 4.39 Å². The lowest BCUT2D eigenvalue weighted by molar-refractivity contribution is 0.101. The molecule has 0 spiro atoms. The van der Waals surface area contributed by atoms with Gasteiger partial charge in [0.15, 0.2) is 17.3 Å². The first-order valence-electron chi connectivity index (χ1n) is 5.70. The molecule has 0 aliphatic carbocycles. The molecule has 0 bridgehead atoms. The number of carbonyl (C=O) groups is 1. The number of ketones is 1. The summed E-state index contributed by atoms with van der Waals surface area (Å²) in [6, 6.07) is 9.54. The first-order valence-corrected chi connectivity index (χ1v) is 5.70. The molecule has 0 N–H and O–H groups in total. The van der Waals surface area contributed by atoms with Gasteiger partial charge in [0.25, 0.3) is 0 Å². The van der Waals surface area contributed by atoms with Crippen LogP contribution in [0, 0.1) is 23.0 Å². The number of ether oxygens (including phenoxy) is 1. The quantitative estimate of drug-likeness (QED) is 0.798. The van der Waals surface area contributed by atoms with Crippen molar-refractivity contribution in [2.75, 3.05) is 0 Å². The summed E-state index contributed by atoms with van der Waals surface area (Å²) in [5.74, 6) is -2.84. The number of Topliss-reactive ketones (excluding diaryl/α,β-unsaturated/α-hetero) is 1. The van der Waals surface area contributed by atoms with E-state index in [-0.39, 0.29) is 28.4 Å². The van der Waals surface area contributed by atoms with Crippen LogP contribution in [0.2, 0.25) is 0 Å². The number of nitriles is 1. The van der Waals surface area contributed by atoms with Crippen LogP contribution in [-0.4, -0.2) is 5.78 Å². The van der Waals surface area contributed by atoms with E-state index >= 15 is 0 Å². The lowest BCUT2D eigenvalue weighted by Crippen LogP contribution is -1.99. The Bertz CT molecular complexity index is 720. The van der Waals surface area contributed by atoms with Crippen molar-refractivity contribution < 1.29 is 18.3 Å². The van der Waals surface area contributed by atoms with Crippen LogP contribution in [0.15, 0.2) is 36.4 Å². The summed E-state index contributed by atoms with van der Waals surface area (Å²) in [4.78, 5) is 11.5. The van der Waals surface area contributed by atoms with Crippen molar-refractivity contribution in [3.05, 3.63) is 59.2 Å². The third-order valence-electron chi connectivity index (χ3n) is 2.63. The van der Waals surface area contributed by atoms with Gasteiger partial charge in [-0.2, -0.15) is 9.65 Å². The molecule has 3 nitrogen and oxygen atoms in total. The average Bonchev–Trinajstić information content (AvgIpc) is 2.43. The summed E-state index contributed by atoms with van der Waals surface area (Å²) in [5.41, 5.74) is 0.439. The number of benzene rings is 2. The van der Waals surface area contributed by atoms with E-state index in [0.717, 1.165) is 6.07 Å². The topological polar surface area (TPSA) is 50.1 Å². The number of rotatable bonds is 3. The molecule has 20 heavy (non-hydrogen) atoms. The van der Waals surface area contributed by atoms with E-state index < -0.39 is 11.6 Å². The van der Waals surface area contributed by atoms with Crippen LogP contribution < -0.4 is 4.74 Å². The van der Waals surface area contributed by atoms with Gasteiger partial charge in [-0.1, -0.05) is 6.07 Å². The molecule has 2 rings (SSSR count). The third kappa shape index (κ3) is 2.64.